The number of ether oxygens (including phenoxy) is 1. The summed E-state index contributed by atoms with van der Waals surface area (Å²) in [5.74, 6) is 1.85. The van der Waals surface area contributed by atoms with Gasteiger partial charge < -0.3 is 10.1 Å². The highest BCUT2D eigenvalue weighted by Gasteiger charge is 2.53. The van der Waals surface area contributed by atoms with Gasteiger partial charge in [0.15, 0.2) is 0 Å². The lowest BCUT2D eigenvalue weighted by molar-refractivity contribution is 0.340. The quantitative estimate of drug-likeness (QED) is 0.809. The maximum Gasteiger partial charge on any atom is 0.119 e. The summed E-state index contributed by atoms with van der Waals surface area (Å²) < 4.78 is 5.54. The SMILES string of the molecule is CCOc1ccc(C2(CNC3CC3)CC2CC)cc1. The van der Waals surface area contributed by atoms with E-state index in [1.807, 2.05) is 6.92 Å². The topological polar surface area (TPSA) is 21.3 Å². The third kappa shape index (κ3) is 2.64. The van der Waals surface area contributed by atoms with Gasteiger partial charge >= 0.3 is 0 Å². The fraction of sp³-hybridized carbons (Fsp3) is 0.647. The van der Waals surface area contributed by atoms with Crippen LogP contribution in [0.2, 0.25) is 0 Å². The molecule has 2 saturated carbocycles. The minimum absolute atomic E-state index is 0.405. The largest absolute Gasteiger partial charge is 0.494 e. The molecule has 0 saturated heterocycles. The van der Waals surface area contributed by atoms with Crippen molar-refractivity contribution in [1.82, 2.24) is 5.32 Å². The zero-order chi connectivity index (χ0) is 13.3. The van der Waals surface area contributed by atoms with Crippen molar-refractivity contribution in [3.05, 3.63) is 29.8 Å². The molecular weight excluding hydrogens is 234 g/mol. The van der Waals surface area contributed by atoms with Gasteiger partial charge in [0.1, 0.15) is 5.75 Å². The summed E-state index contributed by atoms with van der Waals surface area (Å²) in [7, 11) is 0. The Hall–Kier alpha value is -1.02. The highest BCUT2D eigenvalue weighted by molar-refractivity contribution is 5.38. The summed E-state index contributed by atoms with van der Waals surface area (Å²) in [6, 6.07) is 9.60. The molecule has 2 nitrogen and oxygen atoms in total. The van der Waals surface area contributed by atoms with Crippen molar-refractivity contribution in [2.75, 3.05) is 13.2 Å². The molecule has 0 radical (unpaired) electrons. The van der Waals surface area contributed by atoms with E-state index >= 15 is 0 Å². The molecule has 2 heteroatoms. The average Bonchev–Trinajstić information content (AvgIpc) is 3.33. The Bertz CT molecular complexity index is 423. The minimum atomic E-state index is 0.405. The lowest BCUT2D eigenvalue weighted by Gasteiger charge is -2.19. The van der Waals surface area contributed by atoms with Crippen molar-refractivity contribution >= 4 is 0 Å². The van der Waals surface area contributed by atoms with E-state index in [1.54, 1.807) is 0 Å². The van der Waals surface area contributed by atoms with Crippen molar-refractivity contribution in [1.29, 1.82) is 0 Å². The highest BCUT2D eigenvalue weighted by Crippen LogP contribution is 2.56. The maximum atomic E-state index is 5.54. The van der Waals surface area contributed by atoms with Gasteiger partial charge in [-0.1, -0.05) is 25.5 Å². The second-order valence-electron chi connectivity index (χ2n) is 6.08. The summed E-state index contributed by atoms with van der Waals surface area (Å²) in [5.41, 5.74) is 1.90. The van der Waals surface area contributed by atoms with Gasteiger partial charge in [-0.2, -0.15) is 0 Å². The van der Waals surface area contributed by atoms with Crippen LogP contribution in [0.3, 0.4) is 0 Å². The molecule has 1 aromatic rings. The van der Waals surface area contributed by atoms with E-state index in [2.05, 4.69) is 36.5 Å². The molecule has 1 aromatic carbocycles. The van der Waals surface area contributed by atoms with Crippen molar-refractivity contribution < 1.29 is 4.74 Å². The van der Waals surface area contributed by atoms with Crippen LogP contribution in [0.5, 0.6) is 5.75 Å². The molecule has 2 fully saturated rings. The Balaban J connectivity index is 1.72. The Morgan fingerprint density at radius 3 is 2.47 bits per heavy atom. The zero-order valence-electron chi connectivity index (χ0n) is 12.1. The van der Waals surface area contributed by atoms with E-state index in [-0.39, 0.29) is 0 Å². The monoisotopic (exact) mass is 259 g/mol. The second-order valence-corrected chi connectivity index (χ2v) is 6.08. The van der Waals surface area contributed by atoms with Crippen molar-refractivity contribution in [3.63, 3.8) is 0 Å². The predicted molar refractivity (Wildman–Crippen MR) is 78.7 cm³/mol. The van der Waals surface area contributed by atoms with Gasteiger partial charge in [-0.3, -0.25) is 0 Å². The van der Waals surface area contributed by atoms with Gasteiger partial charge in [0.25, 0.3) is 0 Å². The van der Waals surface area contributed by atoms with Crippen LogP contribution < -0.4 is 10.1 Å². The van der Waals surface area contributed by atoms with Crippen LogP contribution in [0.15, 0.2) is 24.3 Å². The van der Waals surface area contributed by atoms with Crippen LogP contribution in [0.25, 0.3) is 0 Å². The van der Waals surface area contributed by atoms with Crippen LogP contribution in [-0.4, -0.2) is 19.2 Å². The molecule has 2 aliphatic carbocycles. The molecule has 0 aromatic heterocycles. The van der Waals surface area contributed by atoms with Gasteiger partial charge in [-0.05, 0) is 49.8 Å². The van der Waals surface area contributed by atoms with Crippen molar-refractivity contribution in [2.24, 2.45) is 5.92 Å². The molecule has 2 aliphatic rings. The van der Waals surface area contributed by atoms with Gasteiger partial charge in [-0.15, -0.1) is 0 Å². The molecule has 0 amide bonds. The number of hydrogen-bond donors (Lipinski definition) is 1. The van der Waals surface area contributed by atoms with Gasteiger partial charge in [0.05, 0.1) is 6.61 Å². The summed E-state index contributed by atoms with van der Waals surface area (Å²) in [6.07, 6.45) is 5.38. The maximum absolute atomic E-state index is 5.54. The number of rotatable bonds is 7. The fourth-order valence-electron chi connectivity index (χ4n) is 3.25. The Morgan fingerprint density at radius 1 is 1.21 bits per heavy atom. The van der Waals surface area contributed by atoms with Gasteiger partial charge in [-0.25, -0.2) is 0 Å². The van der Waals surface area contributed by atoms with Crippen LogP contribution in [0, 0.1) is 5.92 Å². The van der Waals surface area contributed by atoms with Crippen LogP contribution in [0.1, 0.15) is 45.1 Å². The molecule has 0 bridgehead atoms. The Kier molecular flexibility index (Phi) is 3.53. The first-order valence-corrected chi connectivity index (χ1v) is 7.75. The highest BCUT2D eigenvalue weighted by atomic mass is 16.5. The average molecular weight is 259 g/mol. The Morgan fingerprint density at radius 2 is 1.95 bits per heavy atom. The molecule has 2 unspecified atom stereocenters. The molecule has 1 N–H and O–H groups in total. The van der Waals surface area contributed by atoms with E-state index in [0.717, 1.165) is 30.9 Å². The van der Waals surface area contributed by atoms with E-state index < -0.39 is 0 Å². The standard InChI is InChI=1S/C17H25NO/c1-3-13-11-17(13,12-18-15-7-8-15)14-5-9-16(10-6-14)19-4-2/h5-6,9-10,13,15,18H,3-4,7-8,11-12H2,1-2H3. The molecular formula is C17H25NO. The molecule has 19 heavy (non-hydrogen) atoms. The molecule has 104 valence electrons. The number of nitrogens with one attached hydrogen (secondary N) is 1. The van der Waals surface area contributed by atoms with Gasteiger partial charge in [0, 0.05) is 18.0 Å². The van der Waals surface area contributed by atoms with Crippen LogP contribution >= 0.6 is 0 Å². The summed E-state index contributed by atoms with van der Waals surface area (Å²) >= 11 is 0. The lowest BCUT2D eigenvalue weighted by atomic mass is 9.92. The third-order valence-corrected chi connectivity index (χ3v) is 4.75. The predicted octanol–water partition coefficient (Wildman–Crippen LogP) is 3.51. The number of benzene rings is 1. The zero-order valence-corrected chi connectivity index (χ0v) is 12.1. The molecule has 0 aliphatic heterocycles. The molecule has 3 rings (SSSR count). The first kappa shape index (κ1) is 13.0. The molecule has 0 heterocycles. The van der Waals surface area contributed by atoms with E-state index in [4.69, 9.17) is 4.74 Å². The summed E-state index contributed by atoms with van der Waals surface area (Å²) in [5, 5.41) is 3.73. The molecule has 0 spiro atoms. The lowest BCUT2D eigenvalue weighted by Crippen LogP contribution is -2.30. The van der Waals surface area contributed by atoms with Crippen molar-refractivity contribution in [3.8, 4) is 5.75 Å². The van der Waals surface area contributed by atoms with E-state index in [9.17, 15) is 0 Å². The van der Waals surface area contributed by atoms with Crippen LogP contribution in [-0.2, 0) is 5.41 Å². The van der Waals surface area contributed by atoms with Crippen LogP contribution in [0.4, 0.5) is 0 Å². The third-order valence-electron chi connectivity index (χ3n) is 4.75. The fourth-order valence-corrected chi connectivity index (χ4v) is 3.25. The van der Waals surface area contributed by atoms with Crippen molar-refractivity contribution in [2.45, 2.75) is 51.0 Å². The van der Waals surface area contributed by atoms with Gasteiger partial charge in [0.2, 0.25) is 0 Å². The summed E-state index contributed by atoms with van der Waals surface area (Å²) in [6.45, 7) is 6.25. The molecule has 2 atom stereocenters. The number of hydrogen-bond acceptors (Lipinski definition) is 2. The second kappa shape index (κ2) is 5.16. The first-order chi connectivity index (χ1) is 9.28. The van der Waals surface area contributed by atoms with E-state index in [1.165, 1.54) is 31.2 Å². The first-order valence-electron chi connectivity index (χ1n) is 7.75. The minimum Gasteiger partial charge on any atom is -0.494 e. The normalized spacial score (nSPS) is 29.3. The smallest absolute Gasteiger partial charge is 0.119 e. The Labute approximate surface area is 116 Å². The summed E-state index contributed by atoms with van der Waals surface area (Å²) in [4.78, 5) is 0. The van der Waals surface area contributed by atoms with E-state index in [0.29, 0.717) is 5.41 Å².